The molecule has 0 atom stereocenters. The van der Waals surface area contributed by atoms with E-state index in [9.17, 15) is 8.42 Å². The lowest BCUT2D eigenvalue weighted by Gasteiger charge is -2.11. The Morgan fingerprint density at radius 2 is 1.54 bits per heavy atom. The first-order valence-electron chi connectivity index (χ1n) is 8.02. The van der Waals surface area contributed by atoms with Crippen LogP contribution in [0.15, 0.2) is 82.2 Å². The second-order valence-electron chi connectivity index (χ2n) is 6.01. The molecule has 6 heteroatoms. The van der Waals surface area contributed by atoms with E-state index in [0.29, 0.717) is 16.9 Å². The Morgan fingerprint density at radius 1 is 0.885 bits per heavy atom. The van der Waals surface area contributed by atoms with Crippen molar-refractivity contribution in [2.45, 2.75) is 11.8 Å². The van der Waals surface area contributed by atoms with E-state index < -0.39 is 10.0 Å². The van der Waals surface area contributed by atoms with Crippen molar-refractivity contribution < 1.29 is 8.42 Å². The van der Waals surface area contributed by atoms with E-state index in [1.807, 2.05) is 49.4 Å². The van der Waals surface area contributed by atoms with Crippen molar-refractivity contribution in [3.8, 4) is 11.4 Å². The first kappa shape index (κ1) is 17.0. The number of para-hydroxylation sites is 2. The fraction of sp³-hybridized carbons (Fsp3) is 0.0500. The molecule has 0 radical (unpaired) electrons. The topological polar surface area (TPSA) is 52.0 Å². The predicted molar refractivity (Wildman–Crippen MR) is 107 cm³/mol. The quantitative estimate of drug-likeness (QED) is 0.462. The fourth-order valence-electron chi connectivity index (χ4n) is 2.84. The van der Waals surface area contributed by atoms with Crippen molar-refractivity contribution in [3.63, 3.8) is 0 Å². The predicted octanol–water partition coefficient (Wildman–Crippen LogP) is 5.01. The second-order valence-corrected chi connectivity index (χ2v) is 8.72. The van der Waals surface area contributed by atoms with E-state index in [-0.39, 0.29) is 4.90 Å². The van der Waals surface area contributed by atoms with Gasteiger partial charge in [0.15, 0.2) is 5.82 Å². The molecule has 1 aromatic heterocycles. The third kappa shape index (κ3) is 2.85. The van der Waals surface area contributed by atoms with E-state index in [4.69, 9.17) is 0 Å². The van der Waals surface area contributed by atoms with Crippen LogP contribution >= 0.6 is 15.9 Å². The zero-order chi connectivity index (χ0) is 18.3. The van der Waals surface area contributed by atoms with E-state index in [2.05, 4.69) is 20.9 Å². The van der Waals surface area contributed by atoms with Gasteiger partial charge in [-0.2, -0.15) is 0 Å². The van der Waals surface area contributed by atoms with Crippen LogP contribution in [-0.2, 0) is 10.0 Å². The third-order valence-electron chi connectivity index (χ3n) is 4.18. The van der Waals surface area contributed by atoms with Crippen LogP contribution in [0.5, 0.6) is 0 Å². The van der Waals surface area contributed by atoms with Gasteiger partial charge in [0.1, 0.15) is 0 Å². The number of hydrogen-bond donors (Lipinski definition) is 0. The first-order chi connectivity index (χ1) is 12.5. The Hall–Kier alpha value is -2.44. The molecule has 0 amide bonds. The number of hydrogen-bond acceptors (Lipinski definition) is 3. The maximum absolute atomic E-state index is 13.4. The van der Waals surface area contributed by atoms with Crippen LogP contribution < -0.4 is 0 Å². The number of imidazole rings is 1. The number of benzene rings is 3. The molecule has 0 aliphatic heterocycles. The molecule has 0 bridgehead atoms. The molecule has 4 rings (SSSR count). The van der Waals surface area contributed by atoms with E-state index in [1.165, 1.54) is 3.97 Å². The lowest BCUT2D eigenvalue weighted by atomic mass is 10.2. The molecule has 130 valence electrons. The molecule has 4 aromatic rings. The molecule has 0 fully saturated rings. The van der Waals surface area contributed by atoms with Gasteiger partial charge in [0.2, 0.25) is 0 Å². The molecule has 4 nitrogen and oxygen atoms in total. The Balaban J connectivity index is 2.03. The smallest absolute Gasteiger partial charge is 0.227 e. The summed E-state index contributed by atoms with van der Waals surface area (Å²) >= 11 is 3.41. The average molecular weight is 427 g/mol. The van der Waals surface area contributed by atoms with Gasteiger partial charge >= 0.3 is 0 Å². The highest BCUT2D eigenvalue weighted by Gasteiger charge is 2.24. The summed E-state index contributed by atoms with van der Waals surface area (Å²) in [5, 5.41) is 0. The minimum atomic E-state index is -3.79. The highest BCUT2D eigenvalue weighted by Crippen LogP contribution is 2.30. The highest BCUT2D eigenvalue weighted by molar-refractivity contribution is 9.10. The van der Waals surface area contributed by atoms with E-state index >= 15 is 0 Å². The summed E-state index contributed by atoms with van der Waals surface area (Å²) in [5.74, 6) is 0.402. The molecule has 0 aliphatic rings. The van der Waals surface area contributed by atoms with Crippen molar-refractivity contribution in [3.05, 3.63) is 82.8 Å². The zero-order valence-corrected chi connectivity index (χ0v) is 16.3. The molecular weight excluding hydrogens is 412 g/mol. The van der Waals surface area contributed by atoms with Crippen LogP contribution in [0.1, 0.15) is 5.56 Å². The van der Waals surface area contributed by atoms with Crippen molar-refractivity contribution in [1.29, 1.82) is 0 Å². The molecule has 0 spiro atoms. The maximum Gasteiger partial charge on any atom is 0.269 e. The number of aromatic nitrogens is 2. The van der Waals surface area contributed by atoms with Gasteiger partial charge in [-0.3, -0.25) is 0 Å². The van der Waals surface area contributed by atoms with Crippen LogP contribution in [0.3, 0.4) is 0 Å². The van der Waals surface area contributed by atoms with Crippen molar-refractivity contribution in [2.75, 3.05) is 0 Å². The van der Waals surface area contributed by atoms with Gasteiger partial charge in [-0.25, -0.2) is 17.4 Å². The molecule has 3 aromatic carbocycles. The molecule has 1 heterocycles. The number of nitrogens with zero attached hydrogens (tertiary/aromatic N) is 2. The first-order valence-corrected chi connectivity index (χ1v) is 10.3. The lowest BCUT2D eigenvalue weighted by molar-refractivity contribution is 0.589. The summed E-state index contributed by atoms with van der Waals surface area (Å²) in [4.78, 5) is 4.83. The largest absolute Gasteiger partial charge is 0.269 e. The van der Waals surface area contributed by atoms with Crippen LogP contribution in [0.2, 0.25) is 0 Å². The van der Waals surface area contributed by atoms with Crippen molar-refractivity contribution in [1.82, 2.24) is 8.96 Å². The van der Waals surface area contributed by atoms with Crippen molar-refractivity contribution >= 4 is 37.0 Å². The van der Waals surface area contributed by atoms with Gasteiger partial charge in [-0.05, 0) is 43.3 Å². The molecule has 0 N–H and O–H groups in total. The standard InChI is InChI=1S/C20H15BrN2O2S/c1-14-6-12-17(13-7-14)26(24,25)23-19-5-3-2-4-18(19)22-20(23)15-8-10-16(21)11-9-15/h2-13H,1H3. The zero-order valence-electron chi connectivity index (χ0n) is 13.9. The number of halogens is 1. The molecule has 0 unspecified atom stereocenters. The fourth-order valence-corrected chi connectivity index (χ4v) is 4.59. The monoisotopic (exact) mass is 426 g/mol. The van der Waals surface area contributed by atoms with Gasteiger partial charge in [-0.1, -0.05) is 57.9 Å². The third-order valence-corrected chi connectivity index (χ3v) is 6.43. The Bertz CT molecular complexity index is 1200. The molecule has 0 saturated heterocycles. The SMILES string of the molecule is Cc1ccc(S(=O)(=O)n2c(-c3ccc(Br)cc3)nc3ccccc32)cc1. The number of fused-ring (bicyclic) bond motifs is 1. The van der Waals surface area contributed by atoms with Gasteiger partial charge in [0.05, 0.1) is 15.9 Å². The normalized spacial score (nSPS) is 11.8. The van der Waals surface area contributed by atoms with Gasteiger partial charge in [0, 0.05) is 10.0 Å². The van der Waals surface area contributed by atoms with Crippen LogP contribution in [0.4, 0.5) is 0 Å². The van der Waals surface area contributed by atoms with Gasteiger partial charge in [0.25, 0.3) is 10.0 Å². The number of rotatable bonds is 3. The molecular formula is C20H15BrN2O2S. The Kier molecular flexibility index (Phi) is 4.17. The lowest BCUT2D eigenvalue weighted by Crippen LogP contribution is -2.14. The van der Waals surface area contributed by atoms with E-state index in [1.54, 1.807) is 30.3 Å². The van der Waals surface area contributed by atoms with Crippen LogP contribution in [0.25, 0.3) is 22.4 Å². The summed E-state index contributed by atoms with van der Waals surface area (Å²) in [6, 6.07) is 21.6. The maximum atomic E-state index is 13.4. The minimum Gasteiger partial charge on any atom is -0.227 e. The summed E-state index contributed by atoms with van der Waals surface area (Å²) in [6.07, 6.45) is 0. The summed E-state index contributed by atoms with van der Waals surface area (Å²) < 4.78 is 29.0. The van der Waals surface area contributed by atoms with E-state index in [0.717, 1.165) is 15.6 Å². The average Bonchev–Trinajstić information content (AvgIpc) is 3.03. The van der Waals surface area contributed by atoms with Crippen LogP contribution in [0, 0.1) is 6.92 Å². The van der Waals surface area contributed by atoms with Gasteiger partial charge in [-0.15, -0.1) is 0 Å². The Morgan fingerprint density at radius 3 is 2.23 bits per heavy atom. The Labute approximate surface area is 160 Å². The molecule has 26 heavy (non-hydrogen) atoms. The molecule has 0 aliphatic carbocycles. The highest BCUT2D eigenvalue weighted by atomic mass is 79.9. The van der Waals surface area contributed by atoms with Crippen molar-refractivity contribution in [2.24, 2.45) is 0 Å². The summed E-state index contributed by atoms with van der Waals surface area (Å²) in [6.45, 7) is 1.93. The summed E-state index contributed by atoms with van der Waals surface area (Å²) in [7, 11) is -3.79. The second kappa shape index (κ2) is 6.37. The van der Waals surface area contributed by atoms with Crippen LogP contribution in [-0.4, -0.2) is 17.4 Å². The number of aryl methyl sites for hydroxylation is 1. The minimum absolute atomic E-state index is 0.240. The molecule has 0 saturated carbocycles. The summed E-state index contributed by atoms with van der Waals surface area (Å²) in [5.41, 5.74) is 2.94. The van der Waals surface area contributed by atoms with Gasteiger partial charge < -0.3 is 0 Å².